The van der Waals surface area contributed by atoms with E-state index in [1.165, 1.54) is 0 Å². The molecule has 0 heterocycles. The van der Waals surface area contributed by atoms with Crippen LogP contribution in [-0.2, 0) is 9.59 Å². The summed E-state index contributed by atoms with van der Waals surface area (Å²) in [5, 5.41) is 12.1. The number of rotatable bonds is 5. The molecule has 0 saturated heterocycles. The van der Waals surface area contributed by atoms with E-state index < -0.39 is 35.9 Å². The number of amides is 1. The maximum atomic E-state index is 12.9. The highest BCUT2D eigenvalue weighted by Gasteiger charge is 2.43. The van der Waals surface area contributed by atoms with Gasteiger partial charge in [-0.3, -0.25) is 9.59 Å². The van der Waals surface area contributed by atoms with Gasteiger partial charge >= 0.3 is 12.1 Å². The lowest BCUT2D eigenvalue weighted by Gasteiger charge is -2.30. The largest absolute Gasteiger partial charge is 0.481 e. The fourth-order valence-electron chi connectivity index (χ4n) is 3.14. The third kappa shape index (κ3) is 5.63. The molecule has 0 aromatic heterocycles. The Kier molecular flexibility index (Phi) is 6.32. The van der Waals surface area contributed by atoms with E-state index in [1.54, 1.807) is 24.3 Å². The highest BCUT2D eigenvalue weighted by atomic mass is 35.5. The minimum atomic E-state index is -4.31. The Labute approximate surface area is 148 Å². The van der Waals surface area contributed by atoms with E-state index in [-0.39, 0.29) is 19.3 Å². The first-order chi connectivity index (χ1) is 11.7. The van der Waals surface area contributed by atoms with Crippen LogP contribution in [-0.4, -0.2) is 23.2 Å². The van der Waals surface area contributed by atoms with E-state index in [4.69, 9.17) is 16.7 Å². The van der Waals surface area contributed by atoms with Gasteiger partial charge in [0.25, 0.3) is 0 Å². The van der Waals surface area contributed by atoms with Crippen LogP contribution in [0, 0.1) is 11.8 Å². The monoisotopic (exact) mass is 377 g/mol. The van der Waals surface area contributed by atoms with E-state index in [1.807, 2.05) is 0 Å². The molecule has 2 rings (SSSR count). The molecule has 1 aromatic carbocycles. The number of hydrogen-bond acceptors (Lipinski definition) is 2. The average Bonchev–Trinajstić information content (AvgIpc) is 2.54. The summed E-state index contributed by atoms with van der Waals surface area (Å²) in [4.78, 5) is 23.5. The molecule has 1 amide bonds. The summed E-state index contributed by atoms with van der Waals surface area (Å²) in [6, 6.07) is 5.51. The van der Waals surface area contributed by atoms with Crippen LogP contribution in [0.25, 0.3) is 0 Å². The first-order valence-corrected chi connectivity index (χ1v) is 8.39. The first-order valence-electron chi connectivity index (χ1n) is 8.01. The zero-order valence-corrected chi connectivity index (χ0v) is 14.1. The van der Waals surface area contributed by atoms with Gasteiger partial charge in [-0.05, 0) is 37.0 Å². The second-order valence-corrected chi connectivity index (χ2v) is 6.75. The smallest absolute Gasteiger partial charge is 0.391 e. The molecule has 8 heteroatoms. The second-order valence-electron chi connectivity index (χ2n) is 6.31. The highest BCUT2D eigenvalue weighted by Crippen LogP contribution is 2.40. The zero-order chi connectivity index (χ0) is 18.6. The molecule has 4 nitrogen and oxygen atoms in total. The number of carbonyl (C=O) groups is 2. The van der Waals surface area contributed by atoms with Crippen LogP contribution in [0.15, 0.2) is 24.3 Å². The molecule has 1 saturated carbocycles. The molecule has 1 aliphatic carbocycles. The summed E-state index contributed by atoms with van der Waals surface area (Å²) in [7, 11) is 0. The van der Waals surface area contributed by atoms with Gasteiger partial charge in [0.1, 0.15) is 0 Å². The Morgan fingerprint density at radius 2 is 1.88 bits per heavy atom. The molecule has 0 bridgehead atoms. The van der Waals surface area contributed by atoms with Crippen molar-refractivity contribution in [2.75, 3.05) is 0 Å². The topological polar surface area (TPSA) is 66.4 Å². The fourth-order valence-corrected chi connectivity index (χ4v) is 3.26. The van der Waals surface area contributed by atoms with Crippen LogP contribution < -0.4 is 5.32 Å². The van der Waals surface area contributed by atoms with Gasteiger partial charge in [-0.25, -0.2) is 0 Å². The molecular formula is C17H19ClF3NO3. The lowest BCUT2D eigenvalue weighted by molar-refractivity contribution is -0.186. The molecule has 2 N–H and O–H groups in total. The second kappa shape index (κ2) is 8.08. The van der Waals surface area contributed by atoms with Crippen molar-refractivity contribution in [1.82, 2.24) is 5.32 Å². The van der Waals surface area contributed by atoms with Gasteiger partial charge in [-0.15, -0.1) is 0 Å². The van der Waals surface area contributed by atoms with E-state index in [0.29, 0.717) is 23.4 Å². The quantitative estimate of drug-likeness (QED) is 0.802. The number of aliphatic carboxylic acids is 1. The van der Waals surface area contributed by atoms with E-state index >= 15 is 0 Å². The molecule has 0 radical (unpaired) electrons. The lowest BCUT2D eigenvalue weighted by atomic mass is 9.80. The Hall–Kier alpha value is -1.76. The van der Waals surface area contributed by atoms with Crippen molar-refractivity contribution in [3.8, 4) is 0 Å². The van der Waals surface area contributed by atoms with Crippen molar-refractivity contribution in [3.63, 3.8) is 0 Å². The predicted octanol–water partition coefficient (Wildman–Crippen LogP) is 4.34. The van der Waals surface area contributed by atoms with Crippen molar-refractivity contribution >= 4 is 23.5 Å². The SMILES string of the molecule is O=C(O)C[C@H](NC(=O)C1CCCC(C(F)(F)F)C1)c1ccc(Cl)cc1. The fraction of sp³-hybridized carbons (Fsp3) is 0.529. The number of carboxylic acid groups (broad SMARTS) is 1. The number of hydrogen-bond donors (Lipinski definition) is 2. The van der Waals surface area contributed by atoms with Crippen LogP contribution in [0.5, 0.6) is 0 Å². The van der Waals surface area contributed by atoms with Crippen LogP contribution in [0.2, 0.25) is 5.02 Å². The van der Waals surface area contributed by atoms with Crippen LogP contribution in [0.1, 0.15) is 43.7 Å². The van der Waals surface area contributed by atoms with Crippen LogP contribution in [0.3, 0.4) is 0 Å². The molecule has 25 heavy (non-hydrogen) atoms. The first kappa shape index (κ1) is 19.6. The molecule has 3 atom stereocenters. The van der Waals surface area contributed by atoms with Gasteiger partial charge in [0.15, 0.2) is 0 Å². The van der Waals surface area contributed by atoms with Crippen molar-refractivity contribution in [2.24, 2.45) is 11.8 Å². The van der Waals surface area contributed by atoms with Gasteiger partial charge in [0.05, 0.1) is 18.4 Å². The molecule has 0 spiro atoms. The molecule has 0 aliphatic heterocycles. The normalized spacial score (nSPS) is 22.2. The van der Waals surface area contributed by atoms with E-state index in [2.05, 4.69) is 5.32 Å². The Morgan fingerprint density at radius 3 is 2.44 bits per heavy atom. The van der Waals surface area contributed by atoms with Crippen molar-refractivity contribution < 1.29 is 27.9 Å². The summed E-state index contributed by atoms with van der Waals surface area (Å²) in [5.74, 6) is -3.89. The van der Waals surface area contributed by atoms with Gasteiger partial charge in [0, 0.05) is 10.9 Å². The van der Waals surface area contributed by atoms with Gasteiger partial charge in [-0.2, -0.15) is 13.2 Å². The van der Waals surface area contributed by atoms with E-state index in [9.17, 15) is 22.8 Å². The third-order valence-corrected chi connectivity index (χ3v) is 4.73. The number of halogens is 4. The molecule has 1 fully saturated rings. The molecule has 138 valence electrons. The van der Waals surface area contributed by atoms with Crippen molar-refractivity contribution in [1.29, 1.82) is 0 Å². The molecule has 1 aliphatic rings. The van der Waals surface area contributed by atoms with E-state index in [0.717, 1.165) is 0 Å². The maximum Gasteiger partial charge on any atom is 0.391 e. The lowest BCUT2D eigenvalue weighted by Crippen LogP contribution is -2.39. The predicted molar refractivity (Wildman–Crippen MR) is 86.1 cm³/mol. The molecule has 1 aromatic rings. The number of nitrogens with one attached hydrogen (secondary N) is 1. The Bertz CT molecular complexity index is 619. The van der Waals surface area contributed by atoms with Crippen molar-refractivity contribution in [2.45, 2.75) is 44.3 Å². The third-order valence-electron chi connectivity index (χ3n) is 4.48. The van der Waals surface area contributed by atoms with Gasteiger partial charge < -0.3 is 10.4 Å². The zero-order valence-electron chi connectivity index (χ0n) is 13.4. The highest BCUT2D eigenvalue weighted by molar-refractivity contribution is 6.30. The molecular weight excluding hydrogens is 359 g/mol. The minimum absolute atomic E-state index is 0.0308. The van der Waals surface area contributed by atoms with Crippen LogP contribution in [0.4, 0.5) is 13.2 Å². The summed E-state index contributed by atoms with van der Waals surface area (Å²) in [6.45, 7) is 0. The van der Waals surface area contributed by atoms with Gasteiger partial charge in [-0.1, -0.05) is 30.2 Å². The average molecular weight is 378 g/mol. The summed E-state index contributed by atoms with van der Waals surface area (Å²) in [6.07, 6.45) is -4.19. The Morgan fingerprint density at radius 1 is 1.24 bits per heavy atom. The van der Waals surface area contributed by atoms with Crippen molar-refractivity contribution in [3.05, 3.63) is 34.9 Å². The summed E-state index contributed by atoms with van der Waals surface area (Å²) in [5.41, 5.74) is 0.545. The van der Waals surface area contributed by atoms with Gasteiger partial charge in [0.2, 0.25) is 5.91 Å². The Balaban J connectivity index is 2.08. The molecule has 2 unspecified atom stereocenters. The maximum absolute atomic E-state index is 12.9. The summed E-state index contributed by atoms with van der Waals surface area (Å²) >= 11 is 5.80. The standard InChI is InChI=1S/C17H19ClF3NO3/c18-13-6-4-10(5-7-13)14(9-15(23)24)22-16(25)11-2-1-3-12(8-11)17(19,20)21/h4-7,11-12,14H,1-3,8-9H2,(H,22,25)(H,23,24)/t11?,12?,14-/m0/s1. The number of benzene rings is 1. The van der Waals surface area contributed by atoms with Crippen LogP contribution >= 0.6 is 11.6 Å². The number of carbonyl (C=O) groups excluding carboxylic acids is 1. The number of carboxylic acids is 1. The minimum Gasteiger partial charge on any atom is -0.481 e. The summed E-state index contributed by atoms with van der Waals surface area (Å²) < 4.78 is 38.7. The number of alkyl halides is 3.